The number of halogens is 3. The van der Waals surface area contributed by atoms with Crippen molar-refractivity contribution < 1.29 is 22.5 Å². The quantitative estimate of drug-likeness (QED) is 0.557. The number of hydrogen-bond donors (Lipinski definition) is 0. The van der Waals surface area contributed by atoms with Crippen molar-refractivity contribution in [2.24, 2.45) is 0 Å². The van der Waals surface area contributed by atoms with Gasteiger partial charge in [-0.2, -0.15) is 0 Å². The minimum atomic E-state index is -5.08. The SMILES string of the molecule is COC(=O)c1cc([B-](F)(F)F)ccc1C. The zero-order valence-corrected chi connectivity index (χ0v) is 8.26. The lowest BCUT2D eigenvalue weighted by Crippen LogP contribution is -2.34. The van der Waals surface area contributed by atoms with Gasteiger partial charge in [-0.1, -0.05) is 18.2 Å². The van der Waals surface area contributed by atoms with Gasteiger partial charge in [0.15, 0.2) is 0 Å². The molecular formula is C9H9BF3O2-. The topological polar surface area (TPSA) is 26.3 Å². The van der Waals surface area contributed by atoms with Crippen molar-refractivity contribution >= 4 is 18.4 Å². The van der Waals surface area contributed by atoms with Gasteiger partial charge in [-0.3, -0.25) is 0 Å². The van der Waals surface area contributed by atoms with E-state index in [4.69, 9.17) is 0 Å². The summed E-state index contributed by atoms with van der Waals surface area (Å²) < 4.78 is 41.5. The molecule has 0 unspecified atom stereocenters. The van der Waals surface area contributed by atoms with Crippen LogP contribution in [-0.4, -0.2) is 20.1 Å². The molecule has 0 aliphatic carbocycles. The first-order valence-electron chi connectivity index (χ1n) is 4.25. The number of carbonyl (C=O) groups is 1. The molecule has 15 heavy (non-hydrogen) atoms. The van der Waals surface area contributed by atoms with Crippen LogP contribution in [0.3, 0.4) is 0 Å². The number of carbonyl (C=O) groups excluding carboxylic acids is 1. The van der Waals surface area contributed by atoms with Gasteiger partial charge in [0.25, 0.3) is 0 Å². The molecule has 0 radical (unpaired) electrons. The summed E-state index contributed by atoms with van der Waals surface area (Å²) in [6.07, 6.45) is 0. The van der Waals surface area contributed by atoms with Crippen LogP contribution in [0.1, 0.15) is 15.9 Å². The first-order chi connectivity index (χ1) is 6.86. The molecule has 0 amide bonds. The van der Waals surface area contributed by atoms with E-state index in [1.54, 1.807) is 6.92 Å². The maximum absolute atomic E-state index is 12.4. The molecule has 0 spiro atoms. The van der Waals surface area contributed by atoms with Gasteiger partial charge in [0.1, 0.15) is 0 Å². The van der Waals surface area contributed by atoms with Crippen LogP contribution in [0.25, 0.3) is 0 Å². The third kappa shape index (κ3) is 2.52. The Bertz CT molecular complexity index is 387. The molecule has 0 N–H and O–H groups in total. The number of aryl methyl sites for hydroxylation is 1. The van der Waals surface area contributed by atoms with Crippen LogP contribution in [-0.2, 0) is 4.74 Å². The Morgan fingerprint density at radius 2 is 1.93 bits per heavy atom. The largest absolute Gasteiger partial charge is 0.509 e. The van der Waals surface area contributed by atoms with Crippen LogP contribution in [0.15, 0.2) is 18.2 Å². The Labute approximate surface area is 85.1 Å². The van der Waals surface area contributed by atoms with Crippen LogP contribution in [0, 0.1) is 6.92 Å². The van der Waals surface area contributed by atoms with Crippen molar-refractivity contribution in [1.82, 2.24) is 0 Å². The molecule has 1 rings (SSSR count). The summed E-state index contributed by atoms with van der Waals surface area (Å²) in [6, 6.07) is 3.04. The van der Waals surface area contributed by atoms with Gasteiger partial charge in [0.05, 0.1) is 12.7 Å². The summed E-state index contributed by atoms with van der Waals surface area (Å²) in [6.45, 7) is -3.53. The lowest BCUT2D eigenvalue weighted by Gasteiger charge is -2.16. The molecule has 0 atom stereocenters. The Kier molecular flexibility index (Phi) is 3.07. The first-order valence-corrected chi connectivity index (χ1v) is 4.25. The molecule has 0 heterocycles. The highest BCUT2D eigenvalue weighted by Crippen LogP contribution is 2.13. The van der Waals surface area contributed by atoms with Gasteiger partial charge >= 0.3 is 12.9 Å². The van der Waals surface area contributed by atoms with Crippen LogP contribution >= 0.6 is 0 Å². The summed E-state index contributed by atoms with van der Waals surface area (Å²) in [5.74, 6) is -0.755. The molecule has 6 heteroatoms. The van der Waals surface area contributed by atoms with Crippen molar-refractivity contribution in [1.29, 1.82) is 0 Å². The summed E-state index contributed by atoms with van der Waals surface area (Å²) in [5, 5.41) is 0. The molecule has 0 aliphatic heterocycles. The smallest absolute Gasteiger partial charge is 0.465 e. The standard InChI is InChI=1S/C9H9BF3O2/c1-6-3-4-7(10(11,12)13)5-8(6)9(14)15-2/h3-5H,1-2H3/q-1. The third-order valence-electron chi connectivity index (χ3n) is 2.04. The predicted octanol–water partition coefficient (Wildman–Crippen LogP) is 1.84. The van der Waals surface area contributed by atoms with E-state index in [1.807, 2.05) is 0 Å². The minimum Gasteiger partial charge on any atom is -0.465 e. The number of esters is 1. The molecule has 0 saturated carbocycles. The van der Waals surface area contributed by atoms with Crippen molar-refractivity contribution in [2.75, 3.05) is 7.11 Å². The van der Waals surface area contributed by atoms with E-state index in [-0.39, 0.29) is 5.56 Å². The van der Waals surface area contributed by atoms with Gasteiger partial charge < -0.3 is 17.7 Å². The highest BCUT2D eigenvalue weighted by molar-refractivity contribution is 6.73. The normalized spacial score (nSPS) is 11.3. The average molecular weight is 217 g/mol. The molecule has 0 saturated heterocycles. The fraction of sp³-hybridized carbons (Fsp3) is 0.222. The van der Waals surface area contributed by atoms with Crippen molar-refractivity contribution in [3.05, 3.63) is 29.3 Å². The Balaban J connectivity index is 3.23. The van der Waals surface area contributed by atoms with E-state index in [9.17, 15) is 17.7 Å². The maximum Gasteiger partial charge on any atom is 0.509 e. The molecule has 0 fully saturated rings. The zero-order chi connectivity index (χ0) is 11.6. The second-order valence-corrected chi connectivity index (χ2v) is 3.14. The fourth-order valence-electron chi connectivity index (χ4n) is 1.17. The molecule has 0 bridgehead atoms. The molecule has 0 aliphatic rings. The van der Waals surface area contributed by atoms with Crippen molar-refractivity contribution in [3.63, 3.8) is 0 Å². The van der Waals surface area contributed by atoms with Gasteiger partial charge in [0, 0.05) is 0 Å². The summed E-state index contributed by atoms with van der Waals surface area (Å²) in [5.41, 5.74) is -0.374. The van der Waals surface area contributed by atoms with E-state index in [0.29, 0.717) is 5.56 Å². The van der Waals surface area contributed by atoms with Crippen molar-refractivity contribution in [2.45, 2.75) is 6.92 Å². The van der Waals surface area contributed by atoms with Crippen LogP contribution in [0.4, 0.5) is 12.9 Å². The summed E-state index contributed by atoms with van der Waals surface area (Å²) >= 11 is 0. The van der Waals surface area contributed by atoms with Crippen LogP contribution < -0.4 is 5.46 Å². The Hall–Kier alpha value is -1.46. The molecule has 2 nitrogen and oxygen atoms in total. The monoisotopic (exact) mass is 217 g/mol. The van der Waals surface area contributed by atoms with Gasteiger partial charge in [0.2, 0.25) is 0 Å². The molecule has 1 aromatic rings. The highest BCUT2D eigenvalue weighted by atomic mass is 19.4. The van der Waals surface area contributed by atoms with E-state index in [2.05, 4.69) is 4.74 Å². The lowest BCUT2D eigenvalue weighted by atomic mass is 9.79. The number of methoxy groups -OCH3 is 1. The summed E-state index contributed by atoms with van der Waals surface area (Å²) in [7, 11) is 1.13. The van der Waals surface area contributed by atoms with E-state index in [1.165, 1.54) is 6.07 Å². The molecule has 82 valence electrons. The molecule has 1 aromatic carbocycles. The Morgan fingerprint density at radius 1 is 1.33 bits per heavy atom. The minimum absolute atomic E-state index is 0.0470. The zero-order valence-electron chi connectivity index (χ0n) is 8.26. The van der Waals surface area contributed by atoms with Crippen LogP contribution in [0.5, 0.6) is 0 Å². The average Bonchev–Trinajstić information content (AvgIpc) is 2.15. The number of hydrogen-bond acceptors (Lipinski definition) is 2. The second-order valence-electron chi connectivity index (χ2n) is 3.14. The highest BCUT2D eigenvalue weighted by Gasteiger charge is 2.26. The molecular weight excluding hydrogens is 208 g/mol. The number of benzene rings is 1. The second kappa shape index (κ2) is 3.96. The summed E-state index contributed by atoms with van der Waals surface area (Å²) in [4.78, 5) is 11.1. The number of ether oxygens (including phenoxy) is 1. The van der Waals surface area contributed by atoms with E-state index >= 15 is 0 Å². The van der Waals surface area contributed by atoms with Gasteiger partial charge in [-0.25, -0.2) is 4.79 Å². The lowest BCUT2D eigenvalue weighted by molar-refractivity contribution is 0.0600. The first kappa shape index (κ1) is 11.6. The molecule has 0 aromatic heterocycles. The van der Waals surface area contributed by atoms with Gasteiger partial charge in [-0.05, 0) is 12.5 Å². The predicted molar refractivity (Wildman–Crippen MR) is 51.2 cm³/mol. The Morgan fingerprint density at radius 3 is 2.40 bits per heavy atom. The third-order valence-corrected chi connectivity index (χ3v) is 2.04. The van der Waals surface area contributed by atoms with Gasteiger partial charge in [-0.15, -0.1) is 5.46 Å². The van der Waals surface area contributed by atoms with Crippen LogP contribution in [0.2, 0.25) is 0 Å². The van der Waals surface area contributed by atoms with E-state index in [0.717, 1.165) is 19.2 Å². The maximum atomic E-state index is 12.4. The number of rotatable bonds is 2. The van der Waals surface area contributed by atoms with Crippen molar-refractivity contribution in [3.8, 4) is 0 Å². The van der Waals surface area contributed by atoms with E-state index < -0.39 is 18.4 Å². The fourth-order valence-corrected chi connectivity index (χ4v) is 1.17.